The Balaban J connectivity index is 3.33. The van der Waals surface area contributed by atoms with Gasteiger partial charge in [0.05, 0.1) is 10.8 Å². The van der Waals surface area contributed by atoms with Gasteiger partial charge < -0.3 is 0 Å². The Morgan fingerprint density at radius 3 is 2.00 bits per heavy atom. The molecule has 0 aromatic carbocycles. The first kappa shape index (κ1) is 7.32. The molecule has 0 N–H and O–H groups in total. The van der Waals surface area contributed by atoms with Crippen LogP contribution in [0.15, 0.2) is 12.7 Å². The first-order valence-electron chi connectivity index (χ1n) is 2.09. The van der Waals surface area contributed by atoms with Gasteiger partial charge in [-0.1, -0.05) is 6.08 Å². The van der Waals surface area contributed by atoms with E-state index in [1.165, 1.54) is 0 Å². The van der Waals surface area contributed by atoms with E-state index < -0.39 is 0 Å². The zero-order chi connectivity index (χ0) is 5.86. The van der Waals surface area contributed by atoms with Crippen molar-refractivity contribution in [2.45, 2.75) is 17.7 Å². The quantitative estimate of drug-likeness (QED) is 0.407. The van der Waals surface area contributed by atoms with Crippen LogP contribution in [0.5, 0.6) is 0 Å². The number of rotatable bonds is 2. The average molecular weight is 139 g/mol. The second-order valence-corrected chi connectivity index (χ2v) is 2.55. The topological polar surface area (TPSA) is 0 Å². The molecular weight excluding hydrogens is 131 g/mol. The average Bonchev–Trinajstić information content (AvgIpc) is 1.65. The summed E-state index contributed by atoms with van der Waals surface area (Å²) < 4.78 is 0. The molecule has 42 valence electrons. The standard InChI is InChI=1S/C5H8Cl2/c1-3-5(7)4(2)6/h3-5H,1H2,2H3/t4-,5-/m0/s1. The van der Waals surface area contributed by atoms with Gasteiger partial charge in [-0.05, 0) is 6.92 Å². The van der Waals surface area contributed by atoms with E-state index in [0.29, 0.717) is 0 Å². The van der Waals surface area contributed by atoms with Gasteiger partial charge in [-0.2, -0.15) is 0 Å². The van der Waals surface area contributed by atoms with E-state index in [4.69, 9.17) is 23.2 Å². The molecule has 0 aliphatic rings. The van der Waals surface area contributed by atoms with Crippen molar-refractivity contribution in [1.29, 1.82) is 0 Å². The molecular formula is C5H8Cl2. The molecule has 0 spiro atoms. The molecule has 0 radical (unpaired) electrons. The predicted molar refractivity (Wildman–Crippen MR) is 35.2 cm³/mol. The Hall–Kier alpha value is 0.320. The summed E-state index contributed by atoms with van der Waals surface area (Å²) in [6.45, 7) is 5.30. The number of hydrogen-bond donors (Lipinski definition) is 0. The molecule has 0 saturated heterocycles. The Bertz CT molecular complexity index is 59.1. The van der Waals surface area contributed by atoms with Gasteiger partial charge in [0, 0.05) is 0 Å². The molecule has 0 aliphatic heterocycles. The van der Waals surface area contributed by atoms with Crippen molar-refractivity contribution < 1.29 is 0 Å². The largest absolute Gasteiger partial charge is 0.121 e. The van der Waals surface area contributed by atoms with Crippen LogP contribution in [0.2, 0.25) is 0 Å². The Kier molecular flexibility index (Phi) is 3.49. The van der Waals surface area contributed by atoms with Crippen molar-refractivity contribution in [3.63, 3.8) is 0 Å². The molecule has 0 rings (SSSR count). The van der Waals surface area contributed by atoms with Crippen LogP contribution in [0.1, 0.15) is 6.92 Å². The number of allylic oxidation sites excluding steroid dienone is 1. The van der Waals surface area contributed by atoms with Gasteiger partial charge >= 0.3 is 0 Å². The summed E-state index contributed by atoms with van der Waals surface area (Å²) in [7, 11) is 0. The minimum atomic E-state index is -0.0957. The highest BCUT2D eigenvalue weighted by Gasteiger charge is 2.03. The molecule has 0 unspecified atom stereocenters. The van der Waals surface area contributed by atoms with E-state index in [9.17, 15) is 0 Å². The molecule has 0 amide bonds. The van der Waals surface area contributed by atoms with Crippen LogP contribution in [0, 0.1) is 0 Å². The summed E-state index contributed by atoms with van der Waals surface area (Å²) in [6, 6.07) is 0. The third-order valence-corrected chi connectivity index (χ3v) is 1.62. The van der Waals surface area contributed by atoms with Crippen molar-refractivity contribution in [2.75, 3.05) is 0 Å². The minimum absolute atomic E-state index is 0.0147. The number of hydrogen-bond acceptors (Lipinski definition) is 0. The van der Waals surface area contributed by atoms with Crippen LogP contribution >= 0.6 is 23.2 Å². The minimum Gasteiger partial charge on any atom is -0.121 e. The van der Waals surface area contributed by atoms with Crippen molar-refractivity contribution in [2.24, 2.45) is 0 Å². The summed E-state index contributed by atoms with van der Waals surface area (Å²) >= 11 is 11.1. The highest BCUT2D eigenvalue weighted by Crippen LogP contribution is 2.08. The molecule has 0 nitrogen and oxygen atoms in total. The summed E-state index contributed by atoms with van der Waals surface area (Å²) in [5.74, 6) is 0. The predicted octanol–water partition coefficient (Wildman–Crippen LogP) is 2.41. The lowest BCUT2D eigenvalue weighted by Gasteiger charge is -2.02. The Labute approximate surface area is 54.1 Å². The third-order valence-electron chi connectivity index (χ3n) is 0.664. The zero-order valence-corrected chi connectivity index (χ0v) is 5.71. The van der Waals surface area contributed by atoms with Crippen LogP contribution in [0.25, 0.3) is 0 Å². The van der Waals surface area contributed by atoms with Gasteiger partial charge in [-0.15, -0.1) is 29.8 Å². The maximum Gasteiger partial charge on any atom is 0.0674 e. The molecule has 0 aliphatic carbocycles. The molecule has 0 heterocycles. The summed E-state index contributed by atoms with van der Waals surface area (Å²) in [5, 5.41) is -0.110. The molecule has 0 aromatic heterocycles. The first-order chi connectivity index (χ1) is 3.18. The maximum atomic E-state index is 5.55. The molecule has 0 saturated carbocycles. The van der Waals surface area contributed by atoms with E-state index in [1.807, 2.05) is 6.92 Å². The Morgan fingerprint density at radius 1 is 1.57 bits per heavy atom. The van der Waals surface area contributed by atoms with Gasteiger partial charge in [0.25, 0.3) is 0 Å². The maximum absolute atomic E-state index is 5.55. The SMILES string of the molecule is C=C[C@H](Cl)[C@H](C)Cl. The third kappa shape index (κ3) is 2.95. The van der Waals surface area contributed by atoms with Gasteiger partial charge in [0.15, 0.2) is 0 Å². The normalized spacial score (nSPS) is 18.1. The van der Waals surface area contributed by atoms with Gasteiger partial charge in [-0.25, -0.2) is 0 Å². The second-order valence-electron chi connectivity index (χ2n) is 1.36. The highest BCUT2D eigenvalue weighted by atomic mass is 35.5. The van der Waals surface area contributed by atoms with Crippen molar-refractivity contribution in [3.8, 4) is 0 Å². The lowest BCUT2D eigenvalue weighted by atomic mass is 10.3. The molecule has 0 fully saturated rings. The molecule has 2 atom stereocenters. The number of halogens is 2. The van der Waals surface area contributed by atoms with E-state index in [1.54, 1.807) is 6.08 Å². The van der Waals surface area contributed by atoms with Crippen molar-refractivity contribution >= 4 is 23.2 Å². The van der Waals surface area contributed by atoms with E-state index >= 15 is 0 Å². The van der Waals surface area contributed by atoms with Gasteiger partial charge in [0.2, 0.25) is 0 Å². The summed E-state index contributed by atoms with van der Waals surface area (Å²) in [6.07, 6.45) is 1.62. The molecule has 0 aromatic rings. The van der Waals surface area contributed by atoms with Crippen LogP contribution < -0.4 is 0 Å². The lowest BCUT2D eigenvalue weighted by Crippen LogP contribution is -2.05. The van der Waals surface area contributed by atoms with Crippen LogP contribution in [-0.2, 0) is 0 Å². The van der Waals surface area contributed by atoms with E-state index in [-0.39, 0.29) is 10.8 Å². The highest BCUT2D eigenvalue weighted by molar-refractivity contribution is 6.30. The number of alkyl halides is 2. The van der Waals surface area contributed by atoms with Crippen LogP contribution in [0.3, 0.4) is 0 Å². The fourth-order valence-corrected chi connectivity index (χ4v) is 0.290. The first-order valence-corrected chi connectivity index (χ1v) is 2.96. The zero-order valence-electron chi connectivity index (χ0n) is 4.20. The van der Waals surface area contributed by atoms with Crippen molar-refractivity contribution in [3.05, 3.63) is 12.7 Å². The van der Waals surface area contributed by atoms with Crippen LogP contribution in [-0.4, -0.2) is 10.8 Å². The van der Waals surface area contributed by atoms with Crippen LogP contribution in [0.4, 0.5) is 0 Å². The van der Waals surface area contributed by atoms with Crippen molar-refractivity contribution in [1.82, 2.24) is 0 Å². The second kappa shape index (κ2) is 3.34. The summed E-state index contributed by atoms with van der Waals surface area (Å²) in [5.41, 5.74) is 0. The van der Waals surface area contributed by atoms with E-state index in [2.05, 4.69) is 6.58 Å². The molecule has 7 heavy (non-hydrogen) atoms. The fraction of sp³-hybridized carbons (Fsp3) is 0.600. The molecule has 2 heteroatoms. The fourth-order valence-electron chi connectivity index (χ4n) is 0.188. The van der Waals surface area contributed by atoms with E-state index in [0.717, 1.165) is 0 Å². The smallest absolute Gasteiger partial charge is 0.0674 e. The summed E-state index contributed by atoms with van der Waals surface area (Å²) in [4.78, 5) is 0. The van der Waals surface area contributed by atoms with Gasteiger partial charge in [-0.3, -0.25) is 0 Å². The monoisotopic (exact) mass is 138 g/mol. The molecule has 0 bridgehead atoms. The van der Waals surface area contributed by atoms with Gasteiger partial charge in [0.1, 0.15) is 0 Å². The Morgan fingerprint density at radius 2 is 2.00 bits per heavy atom. The lowest BCUT2D eigenvalue weighted by molar-refractivity contribution is 0.979.